The van der Waals surface area contributed by atoms with Gasteiger partial charge in [0.25, 0.3) is 0 Å². The third-order valence-electron chi connectivity index (χ3n) is 15.1. The lowest BCUT2D eigenvalue weighted by molar-refractivity contribution is -0.162. The van der Waals surface area contributed by atoms with Crippen LogP contribution >= 0.6 is 0 Å². The summed E-state index contributed by atoms with van der Waals surface area (Å²) in [6.45, 7) is 5.89. The van der Waals surface area contributed by atoms with Crippen LogP contribution in [0, 0.1) is 29.1 Å². The first-order valence-corrected chi connectivity index (χ1v) is 21.9. The highest BCUT2D eigenvalue weighted by molar-refractivity contribution is 6.36. The van der Waals surface area contributed by atoms with Crippen molar-refractivity contribution in [2.45, 2.75) is 147 Å². The molecule has 3 saturated heterocycles. The number of benzene rings is 1. The second-order valence-corrected chi connectivity index (χ2v) is 18.9. The van der Waals surface area contributed by atoms with Gasteiger partial charge in [-0.2, -0.15) is 0 Å². The molecular formula is C44H65N5O5. The second kappa shape index (κ2) is 16.1. The SMILES string of the molecule is CCC[C@H]1CNC(=O)C(=O)N1C[C@@H]1CCCN1C[C@@H](CC1CCCCC1)N1C[C@H](Cc2ccc(O)cc2)N(CCC23CC4CC(CC(C4)C2)C3)C(=O)C1=O. The quantitative estimate of drug-likeness (QED) is 0.243. The molecule has 1 aromatic rings. The first kappa shape index (κ1) is 37.8. The Kier molecular flexibility index (Phi) is 11.3. The van der Waals surface area contributed by atoms with Gasteiger partial charge >= 0.3 is 23.6 Å². The van der Waals surface area contributed by atoms with Crippen LogP contribution in [0.2, 0.25) is 0 Å². The van der Waals surface area contributed by atoms with Crippen LogP contribution in [0.1, 0.15) is 122 Å². The van der Waals surface area contributed by atoms with Gasteiger partial charge in [-0.15, -0.1) is 0 Å². The Morgan fingerprint density at radius 1 is 0.815 bits per heavy atom. The lowest BCUT2D eigenvalue weighted by atomic mass is 9.49. The van der Waals surface area contributed by atoms with Crippen molar-refractivity contribution < 1.29 is 24.3 Å². The van der Waals surface area contributed by atoms with Gasteiger partial charge in [0.15, 0.2) is 0 Å². The number of phenols is 1. The Morgan fingerprint density at radius 2 is 1.52 bits per heavy atom. The van der Waals surface area contributed by atoms with Gasteiger partial charge in [0.05, 0.1) is 6.04 Å². The number of hydrogen-bond donors (Lipinski definition) is 2. The maximum Gasteiger partial charge on any atom is 0.312 e. The first-order chi connectivity index (χ1) is 26.2. The van der Waals surface area contributed by atoms with E-state index in [9.17, 15) is 24.3 Å². The van der Waals surface area contributed by atoms with E-state index in [1.54, 1.807) is 12.1 Å². The standard InChI is InChI=1S/C44H65N5O5/c1-2-7-35-26-45-40(51)41(52)48(35)28-36-10-6-16-46(36)27-37(21-30-8-4-3-5-9-30)49-29-38(22-31-11-13-39(50)14-12-31)47(42(53)43(49)54)17-15-44-23-32-18-33(24-44)20-34(19-32)25-44/h11-14,30,32-38,50H,2-10,15-29H2,1H3,(H,45,51)/t32?,33?,34?,35-,36-,37+,38-,44?/m0/s1. The predicted octanol–water partition coefficient (Wildman–Crippen LogP) is 5.51. The van der Waals surface area contributed by atoms with Gasteiger partial charge in [-0.05, 0) is 130 Å². The van der Waals surface area contributed by atoms with E-state index >= 15 is 0 Å². The lowest BCUT2D eigenvalue weighted by Gasteiger charge is -2.57. The van der Waals surface area contributed by atoms with E-state index < -0.39 is 11.8 Å². The number of carbonyl (C=O) groups is 4. The van der Waals surface area contributed by atoms with Crippen molar-refractivity contribution in [3.05, 3.63) is 29.8 Å². The van der Waals surface area contributed by atoms with E-state index in [1.807, 2.05) is 26.8 Å². The molecule has 296 valence electrons. The van der Waals surface area contributed by atoms with Crippen LogP contribution < -0.4 is 5.32 Å². The Hall–Kier alpha value is -3.14. The summed E-state index contributed by atoms with van der Waals surface area (Å²) in [7, 11) is 0. The van der Waals surface area contributed by atoms with Crippen LogP contribution in [0.5, 0.6) is 5.75 Å². The van der Waals surface area contributed by atoms with Crippen molar-refractivity contribution in [3.63, 3.8) is 0 Å². The molecule has 0 spiro atoms. The molecule has 5 saturated carbocycles. The van der Waals surface area contributed by atoms with Crippen LogP contribution in [0.25, 0.3) is 0 Å². The minimum atomic E-state index is -0.507. The molecule has 2 N–H and O–H groups in total. The highest BCUT2D eigenvalue weighted by atomic mass is 16.3. The van der Waals surface area contributed by atoms with Gasteiger partial charge in [-0.1, -0.05) is 57.6 Å². The number of nitrogens with zero attached hydrogens (tertiary/aromatic N) is 4. The van der Waals surface area contributed by atoms with Crippen LogP contribution in [0.4, 0.5) is 0 Å². The van der Waals surface area contributed by atoms with Gasteiger partial charge in [-0.25, -0.2) is 0 Å². The van der Waals surface area contributed by atoms with Crippen molar-refractivity contribution in [1.29, 1.82) is 0 Å². The Balaban J connectivity index is 1.03. The van der Waals surface area contributed by atoms with E-state index in [0.717, 1.165) is 68.4 Å². The smallest absolute Gasteiger partial charge is 0.312 e. The summed E-state index contributed by atoms with van der Waals surface area (Å²) in [6, 6.07) is 7.27. The van der Waals surface area contributed by atoms with Crippen molar-refractivity contribution >= 4 is 23.6 Å². The van der Waals surface area contributed by atoms with E-state index in [2.05, 4.69) is 17.1 Å². The molecule has 4 amide bonds. The van der Waals surface area contributed by atoms with Crippen molar-refractivity contribution in [2.24, 2.45) is 29.1 Å². The summed E-state index contributed by atoms with van der Waals surface area (Å²) in [5.41, 5.74) is 1.39. The summed E-state index contributed by atoms with van der Waals surface area (Å²) in [5.74, 6) is 1.68. The number of piperazine rings is 2. The van der Waals surface area contributed by atoms with Crippen LogP contribution in [0.3, 0.4) is 0 Å². The Labute approximate surface area is 322 Å². The van der Waals surface area contributed by atoms with Gasteiger partial charge in [0, 0.05) is 50.8 Å². The Bertz CT molecular complexity index is 1490. The molecule has 10 nitrogen and oxygen atoms in total. The highest BCUT2D eigenvalue weighted by Crippen LogP contribution is 2.61. The molecule has 0 radical (unpaired) electrons. The first-order valence-electron chi connectivity index (χ1n) is 21.9. The number of rotatable bonds is 14. The number of nitrogens with one attached hydrogen (secondary N) is 1. The highest BCUT2D eigenvalue weighted by Gasteiger charge is 2.52. The fourth-order valence-corrected chi connectivity index (χ4v) is 12.9. The normalized spacial score (nSPS) is 33.9. The maximum absolute atomic E-state index is 14.5. The van der Waals surface area contributed by atoms with E-state index in [-0.39, 0.29) is 41.7 Å². The second-order valence-electron chi connectivity index (χ2n) is 18.9. The summed E-state index contributed by atoms with van der Waals surface area (Å²) >= 11 is 0. The van der Waals surface area contributed by atoms with Gasteiger partial charge in [0.2, 0.25) is 0 Å². The number of hydrogen-bond acceptors (Lipinski definition) is 6. The summed E-state index contributed by atoms with van der Waals surface area (Å²) in [6.07, 6.45) is 20.4. The van der Waals surface area contributed by atoms with Gasteiger partial charge in [0.1, 0.15) is 5.75 Å². The largest absolute Gasteiger partial charge is 0.508 e. The minimum absolute atomic E-state index is 0.00653. The predicted molar refractivity (Wildman–Crippen MR) is 207 cm³/mol. The number of aromatic hydroxyl groups is 1. The third-order valence-corrected chi connectivity index (χ3v) is 15.1. The molecule has 8 fully saturated rings. The summed E-state index contributed by atoms with van der Waals surface area (Å²) in [5, 5.41) is 12.9. The van der Waals surface area contributed by atoms with Crippen molar-refractivity contribution in [3.8, 4) is 5.75 Å². The zero-order valence-corrected chi connectivity index (χ0v) is 32.8. The number of likely N-dealkylation sites (tertiary alicyclic amines) is 1. The van der Waals surface area contributed by atoms with E-state index in [0.29, 0.717) is 50.5 Å². The lowest BCUT2D eigenvalue weighted by Crippen LogP contribution is -2.65. The monoisotopic (exact) mass is 743 g/mol. The summed E-state index contributed by atoms with van der Waals surface area (Å²) in [4.78, 5) is 63.0. The molecule has 5 aliphatic carbocycles. The van der Waals surface area contributed by atoms with Crippen molar-refractivity contribution in [1.82, 2.24) is 24.9 Å². The third kappa shape index (κ3) is 8.06. The van der Waals surface area contributed by atoms with E-state index in [1.165, 1.54) is 70.6 Å². The fraction of sp³-hybridized carbons (Fsp3) is 0.773. The molecule has 1 aromatic carbocycles. The van der Waals surface area contributed by atoms with Crippen molar-refractivity contribution in [2.75, 3.05) is 39.3 Å². The molecule has 4 atom stereocenters. The number of carbonyl (C=O) groups excluding carboxylic acids is 4. The molecule has 0 aromatic heterocycles. The molecule has 9 rings (SSSR count). The van der Waals surface area contributed by atoms with Gasteiger partial charge < -0.3 is 25.1 Å². The maximum atomic E-state index is 14.5. The zero-order chi connectivity index (χ0) is 37.4. The molecule has 3 heterocycles. The number of amides is 4. The minimum Gasteiger partial charge on any atom is -0.508 e. The molecule has 3 aliphatic heterocycles. The molecule has 0 unspecified atom stereocenters. The molecule has 8 aliphatic rings. The Morgan fingerprint density at radius 3 is 2.20 bits per heavy atom. The molecule has 54 heavy (non-hydrogen) atoms. The average Bonchev–Trinajstić information content (AvgIpc) is 3.59. The molecular weight excluding hydrogens is 679 g/mol. The molecule has 10 heteroatoms. The number of phenolic OH excluding ortho intramolecular Hbond substituents is 1. The topological polar surface area (TPSA) is 114 Å². The molecule has 4 bridgehead atoms. The zero-order valence-electron chi connectivity index (χ0n) is 32.8. The van der Waals surface area contributed by atoms with Crippen LogP contribution in [-0.2, 0) is 25.6 Å². The van der Waals surface area contributed by atoms with E-state index in [4.69, 9.17) is 0 Å². The average molecular weight is 744 g/mol. The summed E-state index contributed by atoms with van der Waals surface area (Å²) < 4.78 is 0. The van der Waals surface area contributed by atoms with Crippen LogP contribution in [0.15, 0.2) is 24.3 Å². The van der Waals surface area contributed by atoms with Crippen LogP contribution in [-0.4, -0.2) is 112 Å². The van der Waals surface area contributed by atoms with Gasteiger partial charge in [-0.3, -0.25) is 24.1 Å². The fourth-order valence-electron chi connectivity index (χ4n) is 12.9.